The lowest BCUT2D eigenvalue weighted by atomic mass is 9.95. The second-order valence-corrected chi connectivity index (χ2v) is 10.3. The van der Waals surface area contributed by atoms with Crippen LogP contribution in [0.15, 0.2) is 58.6 Å². The van der Waals surface area contributed by atoms with Gasteiger partial charge in [-0.1, -0.05) is 0 Å². The number of benzene rings is 2. The minimum Gasteiger partial charge on any atom is -0.361 e. The fourth-order valence-corrected chi connectivity index (χ4v) is 5.38. The third-order valence-electron chi connectivity index (χ3n) is 6.24. The molecule has 0 saturated carbocycles. The number of fused-ring (bicyclic) bond motifs is 2. The van der Waals surface area contributed by atoms with Crippen LogP contribution in [-0.2, 0) is 16.1 Å². The summed E-state index contributed by atoms with van der Waals surface area (Å²) in [7, 11) is 4.09. The van der Waals surface area contributed by atoms with Crippen molar-refractivity contribution >= 4 is 68.3 Å². The van der Waals surface area contributed by atoms with Gasteiger partial charge in [0.2, 0.25) is 0 Å². The molecule has 34 heavy (non-hydrogen) atoms. The molecule has 2 N–H and O–H groups in total. The molecule has 0 radical (unpaired) electrons. The highest BCUT2D eigenvalue weighted by Gasteiger charge is 2.35. The Balaban J connectivity index is 1.78. The van der Waals surface area contributed by atoms with Crippen LogP contribution < -0.4 is 5.32 Å². The lowest BCUT2D eigenvalue weighted by molar-refractivity contribution is -0.122. The van der Waals surface area contributed by atoms with Gasteiger partial charge in [0.15, 0.2) is 0 Å². The smallest absolute Gasteiger partial charge is 0.259 e. The van der Waals surface area contributed by atoms with E-state index in [1.54, 1.807) is 23.5 Å². The van der Waals surface area contributed by atoms with Crippen molar-refractivity contribution < 1.29 is 9.59 Å². The molecular weight excluding hydrogens is 464 g/mol. The topological polar surface area (TPSA) is 70.1 Å². The van der Waals surface area contributed by atoms with Crippen molar-refractivity contribution in [3.63, 3.8) is 0 Å². The number of aromatic amines is 1. The van der Waals surface area contributed by atoms with Crippen LogP contribution in [0.3, 0.4) is 0 Å². The Kier molecular flexibility index (Phi) is 6.06. The number of carbonyl (C=O) groups excluding carboxylic acids is 2. The summed E-state index contributed by atoms with van der Waals surface area (Å²) in [6.07, 6.45) is 7.92. The molecule has 2 amide bonds. The summed E-state index contributed by atoms with van der Waals surface area (Å²) >= 11 is 3.31. The van der Waals surface area contributed by atoms with Crippen LogP contribution in [0, 0.1) is 0 Å². The van der Waals surface area contributed by atoms with Crippen LogP contribution in [0.4, 0.5) is 0 Å². The fraction of sp³-hybridized carbons (Fsp3) is 0.231. The molecule has 1 aliphatic rings. The lowest BCUT2D eigenvalue weighted by Crippen LogP contribution is -2.22. The number of imide groups is 1. The molecule has 0 fully saturated rings. The molecule has 0 spiro atoms. The minimum atomic E-state index is -0.356. The van der Waals surface area contributed by atoms with E-state index in [0.29, 0.717) is 11.1 Å². The van der Waals surface area contributed by atoms with Crippen molar-refractivity contribution in [3.05, 3.63) is 59.9 Å². The molecule has 0 unspecified atom stereocenters. The van der Waals surface area contributed by atoms with Crippen LogP contribution in [-0.4, -0.2) is 59.4 Å². The van der Waals surface area contributed by atoms with E-state index in [-0.39, 0.29) is 11.8 Å². The Morgan fingerprint density at radius 3 is 2.21 bits per heavy atom. The van der Waals surface area contributed by atoms with Gasteiger partial charge in [0.1, 0.15) is 0 Å². The molecule has 0 aliphatic carbocycles. The highest BCUT2D eigenvalue weighted by Crippen LogP contribution is 2.39. The molecule has 8 heteroatoms. The van der Waals surface area contributed by atoms with Crippen LogP contribution in [0.2, 0.25) is 0 Å². The van der Waals surface area contributed by atoms with E-state index >= 15 is 0 Å². The molecule has 4 aromatic rings. The van der Waals surface area contributed by atoms with E-state index < -0.39 is 0 Å². The van der Waals surface area contributed by atoms with Gasteiger partial charge in [-0.05, 0) is 63.0 Å². The van der Waals surface area contributed by atoms with Crippen LogP contribution in [0.5, 0.6) is 0 Å². The third-order valence-corrected chi connectivity index (χ3v) is 7.69. The largest absolute Gasteiger partial charge is 0.361 e. The summed E-state index contributed by atoms with van der Waals surface area (Å²) in [6, 6.07) is 12.4. The van der Waals surface area contributed by atoms with Gasteiger partial charge in [-0.25, -0.2) is 0 Å². The summed E-state index contributed by atoms with van der Waals surface area (Å²) in [5.41, 5.74) is 4.39. The van der Waals surface area contributed by atoms with E-state index in [2.05, 4.69) is 44.0 Å². The zero-order chi connectivity index (χ0) is 24.0. The van der Waals surface area contributed by atoms with Crippen LogP contribution >= 0.6 is 23.5 Å². The summed E-state index contributed by atoms with van der Waals surface area (Å²) < 4.78 is 2.18. The van der Waals surface area contributed by atoms with Crippen molar-refractivity contribution in [3.8, 4) is 0 Å². The molecule has 3 heterocycles. The molecule has 6 nitrogen and oxygen atoms in total. The monoisotopic (exact) mass is 490 g/mol. The van der Waals surface area contributed by atoms with Gasteiger partial charge in [-0.2, -0.15) is 0 Å². The molecule has 174 valence electrons. The van der Waals surface area contributed by atoms with E-state index in [9.17, 15) is 9.59 Å². The number of likely N-dealkylation sites (N-methyl/N-ethyl adjacent to an activating group) is 1. The van der Waals surface area contributed by atoms with Crippen LogP contribution in [0.25, 0.3) is 33.0 Å². The highest BCUT2D eigenvalue weighted by atomic mass is 32.2. The normalized spacial score (nSPS) is 14.3. The second kappa shape index (κ2) is 9.02. The number of amides is 2. The van der Waals surface area contributed by atoms with E-state index in [4.69, 9.17) is 0 Å². The second-order valence-electron chi connectivity index (χ2n) is 8.57. The number of thioether (sulfide) groups is 2. The maximum Gasteiger partial charge on any atom is 0.259 e. The van der Waals surface area contributed by atoms with Crippen molar-refractivity contribution in [1.82, 2.24) is 19.8 Å². The number of hydrogen-bond acceptors (Lipinski definition) is 5. The lowest BCUT2D eigenvalue weighted by Gasteiger charge is -2.11. The first-order valence-electron chi connectivity index (χ1n) is 11.0. The molecule has 5 rings (SSSR count). The predicted octanol–water partition coefficient (Wildman–Crippen LogP) is 4.70. The quantitative estimate of drug-likeness (QED) is 0.290. The maximum absolute atomic E-state index is 13.2. The first-order chi connectivity index (χ1) is 16.4. The molecule has 2 aromatic carbocycles. The van der Waals surface area contributed by atoms with Crippen LogP contribution in [0.1, 0.15) is 11.1 Å². The van der Waals surface area contributed by atoms with Gasteiger partial charge in [0, 0.05) is 68.2 Å². The van der Waals surface area contributed by atoms with Gasteiger partial charge in [-0.3, -0.25) is 14.9 Å². The molecular formula is C26H26N4O2S2. The number of aromatic nitrogens is 2. The van der Waals surface area contributed by atoms with Gasteiger partial charge < -0.3 is 14.5 Å². The standard InChI is InChI=1S/C26H26N4O2S2/c1-29(2)9-10-30-14-20(18-12-16(34-4)6-8-22(18)30)24-23(25(31)28-26(24)32)19-13-27-21-7-5-15(33-3)11-17(19)21/h5-8,11-14,27H,9-10H2,1-4H3,(H,28,31,32). The third kappa shape index (κ3) is 3.85. The van der Waals surface area contributed by atoms with Gasteiger partial charge in [0.05, 0.1) is 11.1 Å². The average Bonchev–Trinajstić information content (AvgIpc) is 3.49. The summed E-state index contributed by atoms with van der Waals surface area (Å²) in [5, 5.41) is 4.47. The SMILES string of the molecule is CSc1ccc2[nH]cc(C3=C(c4cn(CCN(C)C)c5ccc(SC)cc45)C(=O)NC3=O)c2c1. The maximum atomic E-state index is 13.2. The zero-order valence-electron chi connectivity index (χ0n) is 19.6. The van der Waals surface area contributed by atoms with E-state index in [1.807, 2.05) is 51.1 Å². The number of hydrogen-bond donors (Lipinski definition) is 2. The molecule has 0 atom stereocenters. The van der Waals surface area contributed by atoms with Gasteiger partial charge >= 0.3 is 0 Å². The highest BCUT2D eigenvalue weighted by molar-refractivity contribution is 7.98. The molecule has 1 aliphatic heterocycles. The first-order valence-corrected chi connectivity index (χ1v) is 13.4. The number of nitrogens with zero attached hydrogens (tertiary/aromatic N) is 2. The average molecular weight is 491 g/mol. The first kappa shape index (κ1) is 22.8. The number of rotatable bonds is 7. The van der Waals surface area contributed by atoms with Crippen molar-refractivity contribution in [1.29, 1.82) is 0 Å². The zero-order valence-corrected chi connectivity index (χ0v) is 21.2. The van der Waals surface area contributed by atoms with E-state index in [1.165, 1.54) is 0 Å². The van der Waals surface area contributed by atoms with Crippen molar-refractivity contribution in [2.24, 2.45) is 0 Å². The number of nitrogens with one attached hydrogen (secondary N) is 2. The summed E-state index contributed by atoms with van der Waals surface area (Å²) in [4.78, 5) is 33.9. The number of H-pyrrole nitrogens is 1. The van der Waals surface area contributed by atoms with Gasteiger partial charge in [-0.15, -0.1) is 23.5 Å². The number of carbonyl (C=O) groups is 2. The molecule has 0 saturated heterocycles. The Labute approximate surface area is 206 Å². The summed E-state index contributed by atoms with van der Waals surface area (Å²) in [6.45, 7) is 1.65. The Bertz CT molecular complexity index is 1480. The van der Waals surface area contributed by atoms with Gasteiger partial charge in [0.25, 0.3) is 11.8 Å². The summed E-state index contributed by atoms with van der Waals surface area (Å²) in [5.74, 6) is -0.706. The molecule has 0 bridgehead atoms. The minimum absolute atomic E-state index is 0.350. The fourth-order valence-electron chi connectivity index (χ4n) is 4.50. The van der Waals surface area contributed by atoms with E-state index in [0.717, 1.165) is 55.8 Å². The van der Waals surface area contributed by atoms with Crippen molar-refractivity contribution in [2.75, 3.05) is 33.2 Å². The Hall–Kier alpha value is -2.94. The Morgan fingerprint density at radius 2 is 1.53 bits per heavy atom. The predicted molar refractivity (Wildman–Crippen MR) is 142 cm³/mol. The molecule has 2 aromatic heterocycles. The van der Waals surface area contributed by atoms with Crippen molar-refractivity contribution in [2.45, 2.75) is 16.3 Å². The Morgan fingerprint density at radius 1 is 0.882 bits per heavy atom.